The van der Waals surface area contributed by atoms with Crippen LogP contribution in [0.5, 0.6) is 0 Å². The van der Waals surface area contributed by atoms with E-state index in [2.05, 4.69) is 10.6 Å². The molecule has 0 spiro atoms. The number of carboxylic acid groups (broad SMARTS) is 1. The third-order valence-electron chi connectivity index (χ3n) is 2.78. The smallest absolute Gasteiger partial charge is 0.334 e. The molecule has 0 saturated carbocycles. The Labute approximate surface area is 115 Å². The van der Waals surface area contributed by atoms with Crippen LogP contribution in [-0.2, 0) is 14.3 Å². The highest BCUT2D eigenvalue weighted by Gasteiger charge is 2.24. The number of ether oxygens (including phenoxy) is 1. The van der Waals surface area contributed by atoms with Crippen LogP contribution in [-0.4, -0.2) is 78.0 Å². The maximum atomic E-state index is 12.0. The second-order valence-corrected chi connectivity index (χ2v) is 4.37. The van der Waals surface area contributed by atoms with Crippen LogP contribution in [0.3, 0.4) is 0 Å². The Bertz CT molecular complexity index is 369. The summed E-state index contributed by atoms with van der Waals surface area (Å²) in [6, 6.07) is -1.45. The average Bonchev–Trinajstić information content (AvgIpc) is 2.44. The van der Waals surface area contributed by atoms with Gasteiger partial charge in [-0.2, -0.15) is 0 Å². The van der Waals surface area contributed by atoms with Gasteiger partial charge in [-0.05, 0) is 6.92 Å². The summed E-state index contributed by atoms with van der Waals surface area (Å²) < 4.78 is 5.12. The Hall–Kier alpha value is -1.87. The fraction of sp³-hybridized carbons (Fsp3) is 0.727. The van der Waals surface area contributed by atoms with Crippen LogP contribution >= 0.6 is 0 Å². The number of nitrogens with one attached hydrogen (secondary N) is 2. The van der Waals surface area contributed by atoms with Gasteiger partial charge < -0.3 is 30.5 Å². The molecule has 1 saturated heterocycles. The standard InChI is InChI=1S/C11H19N3O6/c1-7(9(16)14-2-4-20-5-3-14)13-11(19)12-6-8(15)10(17)18/h7-8,15H,2-6H2,1H3,(H,17,18)(H2,12,13,19)/t7?,8-/m0/s1. The van der Waals surface area contributed by atoms with Crippen molar-refractivity contribution in [3.63, 3.8) is 0 Å². The Morgan fingerprint density at radius 2 is 1.90 bits per heavy atom. The first-order chi connectivity index (χ1) is 9.41. The van der Waals surface area contributed by atoms with Gasteiger partial charge in [0.05, 0.1) is 19.8 Å². The molecule has 114 valence electrons. The van der Waals surface area contributed by atoms with E-state index in [0.717, 1.165) is 0 Å². The van der Waals surface area contributed by atoms with E-state index < -0.39 is 30.7 Å². The number of aliphatic carboxylic acids is 1. The van der Waals surface area contributed by atoms with Crippen molar-refractivity contribution >= 4 is 17.9 Å². The van der Waals surface area contributed by atoms with E-state index in [1.165, 1.54) is 6.92 Å². The molecule has 4 N–H and O–H groups in total. The maximum absolute atomic E-state index is 12.0. The first kappa shape index (κ1) is 16.2. The highest BCUT2D eigenvalue weighted by molar-refractivity contribution is 5.87. The van der Waals surface area contributed by atoms with E-state index >= 15 is 0 Å². The summed E-state index contributed by atoms with van der Waals surface area (Å²) in [5, 5.41) is 22.0. The molecule has 0 aromatic rings. The Morgan fingerprint density at radius 3 is 2.45 bits per heavy atom. The van der Waals surface area contributed by atoms with E-state index in [-0.39, 0.29) is 5.91 Å². The molecule has 0 aliphatic carbocycles. The molecule has 0 aromatic carbocycles. The molecule has 0 radical (unpaired) electrons. The van der Waals surface area contributed by atoms with E-state index in [1.807, 2.05) is 0 Å². The molecular formula is C11H19N3O6. The Morgan fingerprint density at radius 1 is 1.30 bits per heavy atom. The molecule has 20 heavy (non-hydrogen) atoms. The monoisotopic (exact) mass is 289 g/mol. The second kappa shape index (κ2) is 7.65. The lowest BCUT2D eigenvalue weighted by Gasteiger charge is -2.29. The average molecular weight is 289 g/mol. The second-order valence-electron chi connectivity index (χ2n) is 4.37. The molecular weight excluding hydrogens is 270 g/mol. The van der Waals surface area contributed by atoms with Crippen molar-refractivity contribution in [3.05, 3.63) is 0 Å². The predicted octanol–water partition coefficient (Wildman–Crippen LogP) is -2.02. The number of urea groups is 1. The topological polar surface area (TPSA) is 128 Å². The molecule has 2 atom stereocenters. The van der Waals surface area contributed by atoms with Crippen LogP contribution in [0.4, 0.5) is 4.79 Å². The summed E-state index contributed by atoms with van der Waals surface area (Å²) in [6.07, 6.45) is -1.67. The van der Waals surface area contributed by atoms with E-state index in [4.69, 9.17) is 14.9 Å². The number of morpholine rings is 1. The summed E-state index contributed by atoms with van der Waals surface area (Å²) in [5.74, 6) is -1.66. The molecule has 1 aliphatic rings. The van der Waals surface area contributed by atoms with Gasteiger partial charge in [0, 0.05) is 13.1 Å². The van der Waals surface area contributed by atoms with E-state index in [9.17, 15) is 14.4 Å². The highest BCUT2D eigenvalue weighted by atomic mass is 16.5. The molecule has 1 rings (SSSR count). The molecule has 1 aliphatic heterocycles. The number of aliphatic hydroxyl groups excluding tert-OH is 1. The number of hydrogen-bond donors (Lipinski definition) is 4. The van der Waals surface area contributed by atoms with Gasteiger partial charge in [0.25, 0.3) is 0 Å². The predicted molar refractivity (Wildman–Crippen MR) is 67.0 cm³/mol. The number of hydrogen-bond acceptors (Lipinski definition) is 5. The quantitative estimate of drug-likeness (QED) is 0.462. The van der Waals surface area contributed by atoms with Gasteiger partial charge in [-0.1, -0.05) is 0 Å². The van der Waals surface area contributed by atoms with Gasteiger partial charge in [-0.15, -0.1) is 0 Å². The van der Waals surface area contributed by atoms with Crippen LogP contribution in [0.2, 0.25) is 0 Å². The number of amides is 3. The van der Waals surface area contributed by atoms with Gasteiger partial charge in [0.15, 0.2) is 6.10 Å². The van der Waals surface area contributed by atoms with Crippen molar-refractivity contribution in [2.45, 2.75) is 19.1 Å². The fourth-order valence-electron chi connectivity index (χ4n) is 1.64. The van der Waals surface area contributed by atoms with Crippen LogP contribution in [0.15, 0.2) is 0 Å². The summed E-state index contributed by atoms with van der Waals surface area (Å²) in [5.41, 5.74) is 0. The summed E-state index contributed by atoms with van der Waals surface area (Å²) in [4.78, 5) is 35.3. The number of rotatable bonds is 5. The van der Waals surface area contributed by atoms with Gasteiger partial charge in [-0.3, -0.25) is 4.79 Å². The van der Waals surface area contributed by atoms with Crippen molar-refractivity contribution < 1.29 is 29.3 Å². The molecule has 1 unspecified atom stereocenters. The highest BCUT2D eigenvalue weighted by Crippen LogP contribution is 2.00. The van der Waals surface area contributed by atoms with Crippen molar-refractivity contribution in [1.82, 2.24) is 15.5 Å². The third kappa shape index (κ3) is 5.02. The summed E-state index contributed by atoms with van der Waals surface area (Å²) >= 11 is 0. The number of nitrogens with zero attached hydrogens (tertiary/aromatic N) is 1. The Balaban J connectivity index is 2.33. The van der Waals surface area contributed by atoms with E-state index in [1.54, 1.807) is 4.90 Å². The van der Waals surface area contributed by atoms with Crippen molar-refractivity contribution in [3.8, 4) is 0 Å². The van der Waals surface area contributed by atoms with E-state index in [0.29, 0.717) is 26.3 Å². The van der Waals surface area contributed by atoms with Crippen LogP contribution < -0.4 is 10.6 Å². The van der Waals surface area contributed by atoms with Crippen LogP contribution in [0.1, 0.15) is 6.92 Å². The largest absolute Gasteiger partial charge is 0.479 e. The first-order valence-corrected chi connectivity index (χ1v) is 6.23. The number of carboxylic acids is 1. The van der Waals surface area contributed by atoms with Gasteiger partial charge in [-0.25, -0.2) is 9.59 Å². The van der Waals surface area contributed by atoms with Gasteiger partial charge in [0.1, 0.15) is 6.04 Å². The summed E-state index contributed by atoms with van der Waals surface area (Å²) in [6.45, 7) is 2.99. The minimum Gasteiger partial charge on any atom is -0.479 e. The molecule has 3 amide bonds. The first-order valence-electron chi connectivity index (χ1n) is 6.23. The van der Waals surface area contributed by atoms with Crippen molar-refractivity contribution in [2.75, 3.05) is 32.8 Å². The van der Waals surface area contributed by atoms with Crippen molar-refractivity contribution in [1.29, 1.82) is 0 Å². The lowest BCUT2D eigenvalue weighted by Crippen LogP contribution is -2.53. The minimum absolute atomic E-state index is 0.234. The van der Waals surface area contributed by atoms with Crippen molar-refractivity contribution in [2.24, 2.45) is 0 Å². The van der Waals surface area contributed by atoms with Crippen LogP contribution in [0, 0.1) is 0 Å². The zero-order valence-corrected chi connectivity index (χ0v) is 11.2. The normalized spacial score (nSPS) is 18.0. The zero-order valence-electron chi connectivity index (χ0n) is 11.2. The SMILES string of the molecule is CC(NC(=O)NC[C@H](O)C(=O)O)C(=O)N1CCOCC1. The number of carbonyl (C=O) groups excluding carboxylic acids is 2. The molecule has 0 bridgehead atoms. The zero-order chi connectivity index (χ0) is 15.1. The number of carbonyl (C=O) groups is 3. The fourth-order valence-corrected chi connectivity index (χ4v) is 1.64. The molecule has 1 heterocycles. The minimum atomic E-state index is -1.67. The van der Waals surface area contributed by atoms with Gasteiger partial charge >= 0.3 is 12.0 Å². The molecule has 9 nitrogen and oxygen atoms in total. The third-order valence-corrected chi connectivity index (χ3v) is 2.78. The molecule has 9 heteroatoms. The molecule has 0 aromatic heterocycles. The maximum Gasteiger partial charge on any atom is 0.334 e. The van der Waals surface area contributed by atoms with Gasteiger partial charge in [0.2, 0.25) is 5.91 Å². The lowest BCUT2D eigenvalue weighted by molar-refractivity contribution is -0.146. The molecule has 1 fully saturated rings. The lowest BCUT2D eigenvalue weighted by atomic mass is 10.2. The van der Waals surface area contributed by atoms with Crippen LogP contribution in [0.25, 0.3) is 0 Å². The number of aliphatic hydroxyl groups is 1. The summed E-state index contributed by atoms with van der Waals surface area (Å²) in [7, 11) is 0. The Kier molecular flexibility index (Phi) is 6.19.